The van der Waals surface area contributed by atoms with E-state index in [4.69, 9.17) is 4.98 Å². The van der Waals surface area contributed by atoms with Crippen LogP contribution in [0.4, 0.5) is 22.7 Å². The molecule has 0 N–H and O–H groups in total. The van der Waals surface area contributed by atoms with Crippen LogP contribution in [-0.4, -0.2) is 4.98 Å². The van der Waals surface area contributed by atoms with Crippen LogP contribution >= 0.6 is 0 Å². The average molecular weight is 866 g/mol. The van der Waals surface area contributed by atoms with E-state index in [2.05, 4.69) is 215 Å². The minimum absolute atomic E-state index is 0.104. The van der Waals surface area contributed by atoms with Crippen molar-refractivity contribution in [3.8, 4) is 33.5 Å². The number of pyridine rings is 1. The lowest BCUT2D eigenvalue weighted by atomic mass is 9.71. The molecule has 0 fully saturated rings. The van der Waals surface area contributed by atoms with Crippen molar-refractivity contribution in [1.29, 1.82) is 0 Å². The number of rotatable bonds is 4. The number of anilines is 4. The van der Waals surface area contributed by atoms with Gasteiger partial charge in [-0.15, -0.1) is 0 Å². The minimum Gasteiger partial charge on any atom is -0.314 e. The average Bonchev–Trinajstić information content (AvgIpc) is 3.58. The van der Waals surface area contributed by atoms with E-state index in [-0.39, 0.29) is 16.2 Å². The predicted octanol–water partition coefficient (Wildman–Crippen LogP) is 17.1. The number of aromatic nitrogens is 1. The molecule has 5 aliphatic rings. The fourth-order valence-corrected chi connectivity index (χ4v) is 12.9. The summed E-state index contributed by atoms with van der Waals surface area (Å²) in [4.78, 5) is 10.3. The Morgan fingerprint density at radius 1 is 0.433 bits per heavy atom. The topological polar surface area (TPSA) is 19.4 Å². The van der Waals surface area contributed by atoms with Crippen molar-refractivity contribution in [2.75, 3.05) is 9.80 Å². The molecule has 0 radical (unpaired) electrons. The molecule has 0 spiro atoms. The van der Waals surface area contributed by atoms with Crippen molar-refractivity contribution in [2.45, 2.75) is 83.5 Å². The van der Waals surface area contributed by atoms with Crippen LogP contribution in [0.25, 0.3) is 55.1 Å². The van der Waals surface area contributed by atoms with Gasteiger partial charge in [-0.1, -0.05) is 157 Å². The second-order valence-electron chi connectivity index (χ2n) is 20.9. The lowest BCUT2D eigenvalue weighted by Gasteiger charge is -2.44. The molecule has 326 valence electrons. The summed E-state index contributed by atoms with van der Waals surface area (Å²) < 4.78 is 0. The highest BCUT2D eigenvalue weighted by atomic mass is 15.2. The molecular weight excluding hydrogens is 811 g/mol. The van der Waals surface area contributed by atoms with E-state index in [1.165, 1.54) is 117 Å². The zero-order chi connectivity index (χ0) is 45.4. The van der Waals surface area contributed by atoms with Gasteiger partial charge in [0, 0.05) is 62.1 Å². The molecule has 8 aromatic rings. The molecule has 0 unspecified atom stereocenters. The molecule has 0 bridgehead atoms. The Balaban J connectivity index is 1.13. The summed E-state index contributed by atoms with van der Waals surface area (Å²) in [5.74, 6) is 0. The summed E-state index contributed by atoms with van der Waals surface area (Å²) >= 11 is 0. The maximum Gasteiger partial charge on any atom is 0.0714 e. The second kappa shape index (κ2) is 14.4. The molecule has 0 saturated heterocycles. The smallest absolute Gasteiger partial charge is 0.0714 e. The molecule has 7 aromatic carbocycles. The summed E-state index contributed by atoms with van der Waals surface area (Å²) in [5, 5.41) is 4.87. The number of allylic oxidation sites excluding steroid dienone is 8. The van der Waals surface area contributed by atoms with E-state index in [1.807, 2.05) is 12.3 Å². The lowest BCUT2D eigenvalue weighted by Crippen LogP contribution is -2.34. The molecule has 13 rings (SSSR count). The van der Waals surface area contributed by atoms with Crippen LogP contribution in [0.1, 0.15) is 89.5 Å². The Bertz CT molecular complexity index is 3560. The van der Waals surface area contributed by atoms with E-state index in [0.717, 1.165) is 31.4 Å². The molecule has 0 amide bonds. The van der Waals surface area contributed by atoms with Gasteiger partial charge in [-0.2, -0.15) is 0 Å². The predicted molar refractivity (Wildman–Crippen MR) is 282 cm³/mol. The van der Waals surface area contributed by atoms with Gasteiger partial charge in [0.05, 0.1) is 5.69 Å². The summed E-state index contributed by atoms with van der Waals surface area (Å²) in [6, 6.07) is 55.4. The Morgan fingerprint density at radius 2 is 0.955 bits per heavy atom. The standard InChI is InChI=1S/C64H55N3/c1-62(2)49-20-8-7-19-43(49)44-33-30-40(37-54(44)62)60-45-34-31-42(67-58-28-15-11-23-52(58)64(5,6)53-24-12-16-29-59(53)67)39-48(45)61(55-25-17-18-36-65-55)46-35-32-41(38-47(46)60)66-56-26-13-9-21-50(56)63(3,4)51-22-10-14-27-57(51)66/h7-13,15,17-26,28,30-39H,14,16,27,29H2,1-6H3. The first-order valence-corrected chi connectivity index (χ1v) is 24.3. The van der Waals surface area contributed by atoms with Crippen LogP contribution in [0.15, 0.2) is 199 Å². The molecule has 2 aliphatic heterocycles. The quantitative estimate of drug-likeness (QED) is 0.164. The second-order valence-corrected chi connectivity index (χ2v) is 20.9. The fraction of sp³-hybridized carbons (Fsp3) is 0.203. The Morgan fingerprint density at radius 3 is 1.55 bits per heavy atom. The minimum atomic E-state index is -0.142. The lowest BCUT2D eigenvalue weighted by molar-refractivity contribution is 0.603. The fourth-order valence-electron chi connectivity index (χ4n) is 12.9. The zero-order valence-electron chi connectivity index (χ0n) is 39.4. The van der Waals surface area contributed by atoms with Gasteiger partial charge in [0.1, 0.15) is 0 Å². The third kappa shape index (κ3) is 5.67. The van der Waals surface area contributed by atoms with Gasteiger partial charge in [0.15, 0.2) is 0 Å². The highest BCUT2D eigenvalue weighted by molar-refractivity contribution is 6.22. The van der Waals surface area contributed by atoms with Crippen molar-refractivity contribution < 1.29 is 0 Å². The number of para-hydroxylation sites is 2. The van der Waals surface area contributed by atoms with E-state index < -0.39 is 0 Å². The summed E-state index contributed by atoms with van der Waals surface area (Å²) in [6.45, 7) is 14.4. The molecule has 3 aliphatic carbocycles. The Kier molecular flexibility index (Phi) is 8.60. The molecule has 3 heterocycles. The third-order valence-corrected chi connectivity index (χ3v) is 16.2. The maximum atomic E-state index is 5.16. The first kappa shape index (κ1) is 40.1. The van der Waals surface area contributed by atoms with E-state index in [1.54, 1.807) is 0 Å². The van der Waals surface area contributed by atoms with Crippen LogP contribution in [0.3, 0.4) is 0 Å². The van der Waals surface area contributed by atoms with Gasteiger partial charge in [-0.05, 0) is 157 Å². The van der Waals surface area contributed by atoms with Crippen LogP contribution in [-0.2, 0) is 16.2 Å². The van der Waals surface area contributed by atoms with Crippen LogP contribution in [0.5, 0.6) is 0 Å². The SMILES string of the molecule is CC1(C)C2=C(CCC=C2)N(c2ccc3c(-c4ccccn4)c4cc(N5C6=C(C=CCC6)C(C)(C)c6ccccc65)ccc4c(-c4ccc5c(c4)C(C)(C)c4ccccc4-5)c3c2)c2ccccc21. The molecule has 67 heavy (non-hydrogen) atoms. The number of benzene rings is 7. The van der Waals surface area contributed by atoms with Crippen LogP contribution < -0.4 is 9.80 Å². The molecule has 1 aromatic heterocycles. The van der Waals surface area contributed by atoms with E-state index >= 15 is 0 Å². The van der Waals surface area contributed by atoms with Crippen molar-refractivity contribution in [3.05, 3.63) is 221 Å². The van der Waals surface area contributed by atoms with Gasteiger partial charge in [-0.3, -0.25) is 4.98 Å². The van der Waals surface area contributed by atoms with Crippen LogP contribution in [0, 0.1) is 0 Å². The van der Waals surface area contributed by atoms with Crippen molar-refractivity contribution in [2.24, 2.45) is 0 Å². The molecule has 3 heteroatoms. The van der Waals surface area contributed by atoms with Crippen molar-refractivity contribution in [1.82, 2.24) is 4.98 Å². The third-order valence-electron chi connectivity index (χ3n) is 16.2. The first-order chi connectivity index (χ1) is 32.5. The van der Waals surface area contributed by atoms with Crippen molar-refractivity contribution >= 4 is 44.3 Å². The summed E-state index contributed by atoms with van der Waals surface area (Å²) in [5.41, 5.74) is 23.0. The highest BCUT2D eigenvalue weighted by Crippen LogP contribution is 2.56. The largest absolute Gasteiger partial charge is 0.314 e. The molecular formula is C64H55N3. The van der Waals surface area contributed by atoms with Gasteiger partial charge in [0.2, 0.25) is 0 Å². The van der Waals surface area contributed by atoms with Crippen LogP contribution in [0.2, 0.25) is 0 Å². The first-order valence-electron chi connectivity index (χ1n) is 24.3. The number of nitrogens with zero attached hydrogens (tertiary/aromatic N) is 3. The van der Waals surface area contributed by atoms with Gasteiger partial charge in [-0.25, -0.2) is 0 Å². The van der Waals surface area contributed by atoms with E-state index in [0.29, 0.717) is 0 Å². The zero-order valence-corrected chi connectivity index (χ0v) is 39.4. The molecule has 0 saturated carbocycles. The van der Waals surface area contributed by atoms with Gasteiger partial charge >= 0.3 is 0 Å². The number of hydrogen-bond acceptors (Lipinski definition) is 3. The Hall–Kier alpha value is -7.23. The monoisotopic (exact) mass is 865 g/mol. The van der Waals surface area contributed by atoms with Gasteiger partial charge in [0.25, 0.3) is 0 Å². The summed E-state index contributed by atoms with van der Waals surface area (Å²) in [6.07, 6.45) is 15.5. The maximum absolute atomic E-state index is 5.16. The highest BCUT2D eigenvalue weighted by Gasteiger charge is 2.41. The summed E-state index contributed by atoms with van der Waals surface area (Å²) in [7, 11) is 0. The van der Waals surface area contributed by atoms with Gasteiger partial charge < -0.3 is 9.80 Å². The molecule has 3 nitrogen and oxygen atoms in total. The normalized spacial score (nSPS) is 18.1. The van der Waals surface area contributed by atoms with E-state index in [9.17, 15) is 0 Å². The number of hydrogen-bond donors (Lipinski definition) is 0. The number of fused-ring (bicyclic) bond motifs is 7. The Labute approximate surface area is 395 Å². The molecule has 0 atom stereocenters. The van der Waals surface area contributed by atoms with Crippen molar-refractivity contribution in [3.63, 3.8) is 0 Å².